The number of hydrogen-bond donors (Lipinski definition) is 1. The molecular weight excluding hydrogens is 198 g/mol. The van der Waals surface area contributed by atoms with E-state index in [9.17, 15) is 0 Å². The quantitative estimate of drug-likeness (QED) is 0.712. The Kier molecular flexibility index (Phi) is 5.83. The van der Waals surface area contributed by atoms with Crippen LogP contribution in [-0.4, -0.2) is 13.2 Å². The van der Waals surface area contributed by atoms with Crippen molar-refractivity contribution in [2.24, 2.45) is 0 Å². The SMILES string of the molecule is C=CCC(C)NCc1ccccc1COC. The van der Waals surface area contributed by atoms with Crippen LogP contribution >= 0.6 is 0 Å². The third-order valence-electron chi connectivity index (χ3n) is 2.58. The molecule has 0 heterocycles. The Morgan fingerprint density at radius 3 is 2.69 bits per heavy atom. The molecule has 0 amide bonds. The summed E-state index contributed by atoms with van der Waals surface area (Å²) in [6, 6.07) is 8.83. The molecule has 88 valence electrons. The first-order valence-corrected chi connectivity index (χ1v) is 5.68. The summed E-state index contributed by atoms with van der Waals surface area (Å²) in [5.74, 6) is 0. The fourth-order valence-electron chi connectivity index (χ4n) is 1.64. The lowest BCUT2D eigenvalue weighted by atomic mass is 10.1. The van der Waals surface area contributed by atoms with Crippen molar-refractivity contribution in [3.05, 3.63) is 48.0 Å². The maximum absolute atomic E-state index is 5.18. The Morgan fingerprint density at radius 1 is 1.38 bits per heavy atom. The van der Waals surface area contributed by atoms with Crippen LogP contribution in [0.15, 0.2) is 36.9 Å². The molecule has 1 N–H and O–H groups in total. The number of rotatable bonds is 7. The maximum atomic E-state index is 5.18. The topological polar surface area (TPSA) is 21.3 Å². The number of hydrogen-bond acceptors (Lipinski definition) is 2. The Hall–Kier alpha value is -1.12. The van der Waals surface area contributed by atoms with Crippen molar-refractivity contribution in [3.8, 4) is 0 Å². The highest BCUT2D eigenvalue weighted by Crippen LogP contribution is 2.10. The first-order valence-electron chi connectivity index (χ1n) is 5.68. The van der Waals surface area contributed by atoms with Gasteiger partial charge in [-0.2, -0.15) is 0 Å². The van der Waals surface area contributed by atoms with Crippen LogP contribution in [0.2, 0.25) is 0 Å². The van der Waals surface area contributed by atoms with Gasteiger partial charge in [-0.3, -0.25) is 0 Å². The molecule has 0 bridgehead atoms. The number of methoxy groups -OCH3 is 1. The second-order valence-electron chi connectivity index (χ2n) is 4.01. The zero-order valence-electron chi connectivity index (χ0n) is 10.2. The molecule has 1 atom stereocenters. The molecular formula is C14H21NO. The van der Waals surface area contributed by atoms with E-state index in [0.29, 0.717) is 12.6 Å². The van der Waals surface area contributed by atoms with Gasteiger partial charge in [0.25, 0.3) is 0 Å². The molecule has 0 spiro atoms. The second kappa shape index (κ2) is 7.20. The first-order chi connectivity index (χ1) is 7.77. The summed E-state index contributed by atoms with van der Waals surface area (Å²) in [7, 11) is 1.73. The fraction of sp³-hybridized carbons (Fsp3) is 0.429. The third kappa shape index (κ3) is 4.17. The zero-order chi connectivity index (χ0) is 11.8. The van der Waals surface area contributed by atoms with Gasteiger partial charge in [-0.15, -0.1) is 6.58 Å². The van der Waals surface area contributed by atoms with Crippen LogP contribution in [0.3, 0.4) is 0 Å². The van der Waals surface area contributed by atoms with E-state index in [1.807, 2.05) is 12.1 Å². The van der Waals surface area contributed by atoms with Gasteiger partial charge < -0.3 is 10.1 Å². The average Bonchev–Trinajstić information content (AvgIpc) is 2.29. The van der Waals surface area contributed by atoms with Crippen LogP contribution in [0, 0.1) is 0 Å². The van der Waals surface area contributed by atoms with Crippen molar-refractivity contribution in [1.29, 1.82) is 0 Å². The molecule has 0 saturated heterocycles. The van der Waals surface area contributed by atoms with E-state index in [-0.39, 0.29) is 0 Å². The zero-order valence-corrected chi connectivity index (χ0v) is 10.2. The predicted octanol–water partition coefficient (Wildman–Crippen LogP) is 2.89. The molecule has 1 unspecified atom stereocenters. The van der Waals surface area contributed by atoms with E-state index in [4.69, 9.17) is 4.74 Å². The van der Waals surface area contributed by atoms with E-state index < -0.39 is 0 Å². The van der Waals surface area contributed by atoms with E-state index in [1.54, 1.807) is 7.11 Å². The van der Waals surface area contributed by atoms with Gasteiger partial charge in [-0.05, 0) is 24.5 Å². The van der Waals surface area contributed by atoms with Crippen molar-refractivity contribution < 1.29 is 4.74 Å². The lowest BCUT2D eigenvalue weighted by Crippen LogP contribution is -2.25. The summed E-state index contributed by atoms with van der Waals surface area (Å²) >= 11 is 0. The Balaban J connectivity index is 2.55. The van der Waals surface area contributed by atoms with Crippen LogP contribution in [0.4, 0.5) is 0 Å². The van der Waals surface area contributed by atoms with Gasteiger partial charge in [0.2, 0.25) is 0 Å². The molecule has 2 nitrogen and oxygen atoms in total. The number of nitrogens with one attached hydrogen (secondary N) is 1. The van der Waals surface area contributed by atoms with Crippen molar-refractivity contribution in [1.82, 2.24) is 5.32 Å². The predicted molar refractivity (Wildman–Crippen MR) is 68.3 cm³/mol. The molecule has 0 fully saturated rings. The average molecular weight is 219 g/mol. The van der Waals surface area contributed by atoms with Crippen LogP contribution in [0.1, 0.15) is 24.5 Å². The lowest BCUT2D eigenvalue weighted by Gasteiger charge is -2.14. The molecule has 2 heteroatoms. The van der Waals surface area contributed by atoms with Crippen LogP contribution in [0.5, 0.6) is 0 Å². The van der Waals surface area contributed by atoms with Crippen LogP contribution in [-0.2, 0) is 17.9 Å². The summed E-state index contributed by atoms with van der Waals surface area (Å²) in [6.07, 6.45) is 2.94. The highest BCUT2D eigenvalue weighted by molar-refractivity contribution is 5.26. The van der Waals surface area contributed by atoms with E-state index in [2.05, 4.69) is 37.0 Å². The molecule has 0 aliphatic carbocycles. The summed E-state index contributed by atoms with van der Waals surface area (Å²) in [5.41, 5.74) is 2.56. The van der Waals surface area contributed by atoms with Crippen LogP contribution < -0.4 is 5.32 Å². The molecule has 0 radical (unpaired) electrons. The van der Waals surface area contributed by atoms with Crippen molar-refractivity contribution in [3.63, 3.8) is 0 Å². The van der Waals surface area contributed by atoms with E-state index in [0.717, 1.165) is 13.0 Å². The van der Waals surface area contributed by atoms with Gasteiger partial charge >= 0.3 is 0 Å². The number of benzene rings is 1. The van der Waals surface area contributed by atoms with Gasteiger partial charge in [0.1, 0.15) is 0 Å². The molecule has 16 heavy (non-hydrogen) atoms. The molecule has 1 aromatic carbocycles. The minimum absolute atomic E-state index is 0.466. The standard InChI is InChI=1S/C14H21NO/c1-4-7-12(2)15-10-13-8-5-6-9-14(13)11-16-3/h4-6,8-9,12,15H,1,7,10-11H2,2-3H3. The van der Waals surface area contributed by atoms with Gasteiger partial charge in [-0.1, -0.05) is 30.3 Å². The van der Waals surface area contributed by atoms with Crippen molar-refractivity contribution in [2.45, 2.75) is 32.5 Å². The van der Waals surface area contributed by atoms with Gasteiger partial charge in [-0.25, -0.2) is 0 Å². The molecule has 0 aliphatic rings. The Labute approximate surface area is 98.3 Å². The van der Waals surface area contributed by atoms with Gasteiger partial charge in [0.15, 0.2) is 0 Å². The van der Waals surface area contributed by atoms with E-state index in [1.165, 1.54) is 11.1 Å². The summed E-state index contributed by atoms with van der Waals surface area (Å²) in [5, 5.41) is 3.47. The lowest BCUT2D eigenvalue weighted by molar-refractivity contribution is 0.184. The summed E-state index contributed by atoms with van der Waals surface area (Å²) in [4.78, 5) is 0. The van der Waals surface area contributed by atoms with Gasteiger partial charge in [0, 0.05) is 19.7 Å². The van der Waals surface area contributed by atoms with Crippen molar-refractivity contribution in [2.75, 3.05) is 7.11 Å². The Bertz CT molecular complexity index is 322. The normalized spacial score (nSPS) is 12.4. The smallest absolute Gasteiger partial charge is 0.0716 e. The van der Waals surface area contributed by atoms with E-state index >= 15 is 0 Å². The minimum atomic E-state index is 0.466. The first kappa shape index (κ1) is 12.9. The highest BCUT2D eigenvalue weighted by atomic mass is 16.5. The monoisotopic (exact) mass is 219 g/mol. The molecule has 0 aliphatic heterocycles. The number of ether oxygens (including phenoxy) is 1. The third-order valence-corrected chi connectivity index (χ3v) is 2.58. The summed E-state index contributed by atoms with van der Waals surface area (Å²) in [6.45, 7) is 7.47. The van der Waals surface area contributed by atoms with Gasteiger partial charge in [0.05, 0.1) is 6.61 Å². The molecule has 1 rings (SSSR count). The minimum Gasteiger partial charge on any atom is -0.380 e. The van der Waals surface area contributed by atoms with Crippen molar-refractivity contribution >= 4 is 0 Å². The van der Waals surface area contributed by atoms with Crippen LogP contribution in [0.25, 0.3) is 0 Å². The molecule has 1 aromatic rings. The summed E-state index contributed by atoms with van der Waals surface area (Å²) < 4.78 is 5.18. The maximum Gasteiger partial charge on any atom is 0.0716 e. The highest BCUT2D eigenvalue weighted by Gasteiger charge is 2.03. The Morgan fingerprint density at radius 2 is 2.06 bits per heavy atom. The second-order valence-corrected chi connectivity index (χ2v) is 4.01. The molecule has 0 aromatic heterocycles. The largest absolute Gasteiger partial charge is 0.380 e. The fourth-order valence-corrected chi connectivity index (χ4v) is 1.64. The molecule has 0 saturated carbocycles.